The lowest BCUT2D eigenvalue weighted by molar-refractivity contribution is -0.167. The smallest absolute Gasteiger partial charge is 0.306 e. The van der Waals surface area contributed by atoms with Gasteiger partial charge in [0.05, 0.1) is 0 Å². The van der Waals surface area contributed by atoms with Crippen molar-refractivity contribution in [2.24, 2.45) is 0 Å². The van der Waals surface area contributed by atoms with Crippen LogP contribution in [0.2, 0.25) is 0 Å². The number of hydrogen-bond donors (Lipinski definition) is 0. The van der Waals surface area contributed by atoms with Crippen LogP contribution in [0.3, 0.4) is 0 Å². The van der Waals surface area contributed by atoms with Crippen LogP contribution in [-0.4, -0.2) is 37.2 Å². The summed E-state index contributed by atoms with van der Waals surface area (Å²) < 4.78 is 16.7. The fraction of sp³-hybridized carbons (Fsp3) is 0.732. The zero-order chi connectivity index (χ0) is 45.1. The van der Waals surface area contributed by atoms with Gasteiger partial charge in [-0.1, -0.05) is 216 Å². The number of ether oxygens (including phenoxy) is 3. The molecule has 0 saturated heterocycles. The van der Waals surface area contributed by atoms with E-state index in [4.69, 9.17) is 14.2 Å². The molecule has 0 aromatic heterocycles. The van der Waals surface area contributed by atoms with Gasteiger partial charge in [-0.3, -0.25) is 14.4 Å². The summed E-state index contributed by atoms with van der Waals surface area (Å²) in [7, 11) is 0. The van der Waals surface area contributed by atoms with Crippen LogP contribution >= 0.6 is 0 Å². The highest BCUT2D eigenvalue weighted by Gasteiger charge is 2.19. The Morgan fingerprint density at radius 1 is 0.339 bits per heavy atom. The molecule has 0 aliphatic rings. The molecule has 1 atom stereocenters. The van der Waals surface area contributed by atoms with Crippen molar-refractivity contribution >= 4 is 17.9 Å². The van der Waals surface area contributed by atoms with Gasteiger partial charge in [0.1, 0.15) is 13.2 Å². The molecule has 0 heterocycles. The molecule has 0 aliphatic carbocycles. The number of carbonyl (C=O) groups is 3. The Bertz CT molecular complexity index is 1180. The molecule has 62 heavy (non-hydrogen) atoms. The second kappa shape index (κ2) is 50.5. The van der Waals surface area contributed by atoms with Crippen molar-refractivity contribution in [3.05, 3.63) is 72.9 Å². The molecule has 0 fully saturated rings. The van der Waals surface area contributed by atoms with Crippen molar-refractivity contribution < 1.29 is 28.6 Å². The molecule has 1 unspecified atom stereocenters. The van der Waals surface area contributed by atoms with Crippen LogP contribution in [-0.2, 0) is 28.6 Å². The highest BCUT2D eigenvalue weighted by molar-refractivity contribution is 5.71. The second-order valence-corrected chi connectivity index (χ2v) is 17.1. The highest BCUT2D eigenvalue weighted by Crippen LogP contribution is 2.15. The van der Waals surface area contributed by atoms with Crippen molar-refractivity contribution in [3.63, 3.8) is 0 Å². The van der Waals surface area contributed by atoms with Crippen molar-refractivity contribution in [2.45, 2.75) is 252 Å². The minimum atomic E-state index is -0.797. The fourth-order valence-corrected chi connectivity index (χ4v) is 7.06. The zero-order valence-corrected chi connectivity index (χ0v) is 40.6. The molecule has 0 rings (SSSR count). The molecule has 0 N–H and O–H groups in total. The average molecular weight is 865 g/mol. The van der Waals surface area contributed by atoms with E-state index >= 15 is 0 Å². The maximum Gasteiger partial charge on any atom is 0.306 e. The number of carbonyl (C=O) groups excluding carboxylic acids is 3. The van der Waals surface area contributed by atoms with Crippen molar-refractivity contribution in [1.29, 1.82) is 0 Å². The van der Waals surface area contributed by atoms with Gasteiger partial charge in [0.25, 0.3) is 0 Å². The van der Waals surface area contributed by atoms with E-state index in [0.717, 1.165) is 77.0 Å². The molecular formula is C56H96O6. The monoisotopic (exact) mass is 865 g/mol. The Morgan fingerprint density at radius 2 is 0.645 bits per heavy atom. The van der Waals surface area contributed by atoms with Gasteiger partial charge >= 0.3 is 17.9 Å². The second-order valence-electron chi connectivity index (χ2n) is 17.1. The Balaban J connectivity index is 4.47. The highest BCUT2D eigenvalue weighted by atomic mass is 16.6. The first kappa shape index (κ1) is 58.9. The number of hydrogen-bond acceptors (Lipinski definition) is 6. The molecule has 0 bridgehead atoms. The predicted octanol–water partition coefficient (Wildman–Crippen LogP) is 17.0. The molecule has 0 aliphatic heterocycles. The van der Waals surface area contributed by atoms with Gasteiger partial charge < -0.3 is 14.2 Å². The van der Waals surface area contributed by atoms with Crippen LogP contribution in [0, 0.1) is 0 Å². The number of allylic oxidation sites excluding steroid dienone is 12. The molecule has 0 aromatic rings. The number of unbranched alkanes of at least 4 members (excludes halogenated alkanes) is 23. The summed E-state index contributed by atoms with van der Waals surface area (Å²) >= 11 is 0. The third kappa shape index (κ3) is 47.9. The van der Waals surface area contributed by atoms with Crippen LogP contribution in [0.15, 0.2) is 72.9 Å². The van der Waals surface area contributed by atoms with Gasteiger partial charge in [0.15, 0.2) is 6.10 Å². The lowest BCUT2D eigenvalue weighted by Crippen LogP contribution is -2.30. The van der Waals surface area contributed by atoms with Crippen LogP contribution in [0.5, 0.6) is 0 Å². The number of rotatable bonds is 46. The van der Waals surface area contributed by atoms with Crippen molar-refractivity contribution in [2.75, 3.05) is 13.2 Å². The SMILES string of the molecule is CC/C=C\C/C=C\C/C=C\C/C=C\C/C=C\CCCC(=O)OCC(COC(=O)CCCCCCCCCCCCCC)OC(=O)CCCCCCCCC/C=C\CCCCCC. The Morgan fingerprint density at radius 3 is 1.08 bits per heavy atom. The van der Waals surface area contributed by atoms with E-state index in [2.05, 4.69) is 93.7 Å². The van der Waals surface area contributed by atoms with E-state index in [1.807, 2.05) is 0 Å². The molecule has 0 aromatic carbocycles. The third-order valence-corrected chi connectivity index (χ3v) is 10.9. The predicted molar refractivity (Wildman–Crippen MR) is 265 cm³/mol. The molecule has 0 radical (unpaired) electrons. The quantitative estimate of drug-likeness (QED) is 0.0262. The maximum atomic E-state index is 12.8. The summed E-state index contributed by atoms with van der Waals surface area (Å²) in [6, 6.07) is 0. The minimum Gasteiger partial charge on any atom is -0.462 e. The van der Waals surface area contributed by atoms with E-state index < -0.39 is 6.10 Å². The summed E-state index contributed by atoms with van der Waals surface area (Å²) in [5.74, 6) is -0.956. The van der Waals surface area contributed by atoms with E-state index in [-0.39, 0.29) is 37.5 Å². The van der Waals surface area contributed by atoms with Crippen LogP contribution in [0.1, 0.15) is 245 Å². The minimum absolute atomic E-state index is 0.0931. The molecule has 6 heteroatoms. The summed E-state index contributed by atoms with van der Waals surface area (Å²) in [5, 5.41) is 0. The standard InChI is InChI=1S/C56H96O6/c1-4-7-10-13-16-19-22-25-27-28-30-31-34-37-40-43-46-49-55(58)61-52-53(51-60-54(57)48-45-42-39-36-33-24-21-18-15-12-9-6-3)62-56(59)50-47-44-41-38-35-32-29-26-23-20-17-14-11-8-5-2/h7,10,16,19-20,23,25,27,30-31,37,40,53H,4-6,8-9,11-15,17-18,21-22,24,26,28-29,32-36,38-39,41-52H2,1-3H3/b10-7-,19-16-,23-20-,27-25-,31-30-,40-37-. The van der Waals surface area contributed by atoms with Crippen LogP contribution in [0.4, 0.5) is 0 Å². The lowest BCUT2D eigenvalue weighted by Gasteiger charge is -2.18. The summed E-state index contributed by atoms with van der Waals surface area (Å²) in [5.41, 5.74) is 0. The topological polar surface area (TPSA) is 78.9 Å². The first-order valence-electron chi connectivity index (χ1n) is 25.9. The van der Waals surface area contributed by atoms with Crippen molar-refractivity contribution in [1.82, 2.24) is 0 Å². The Kier molecular flexibility index (Phi) is 47.9. The van der Waals surface area contributed by atoms with Gasteiger partial charge in [-0.15, -0.1) is 0 Å². The van der Waals surface area contributed by atoms with Crippen LogP contribution < -0.4 is 0 Å². The molecular weight excluding hydrogens is 769 g/mol. The first-order chi connectivity index (χ1) is 30.5. The third-order valence-electron chi connectivity index (χ3n) is 10.9. The van der Waals surface area contributed by atoms with Gasteiger partial charge in [0.2, 0.25) is 0 Å². The van der Waals surface area contributed by atoms with Gasteiger partial charge in [0, 0.05) is 19.3 Å². The molecule has 356 valence electrons. The first-order valence-corrected chi connectivity index (χ1v) is 25.9. The average Bonchev–Trinajstić information content (AvgIpc) is 3.27. The zero-order valence-electron chi connectivity index (χ0n) is 40.6. The summed E-state index contributed by atoms with van der Waals surface area (Å²) in [4.78, 5) is 37.9. The molecule has 0 amide bonds. The largest absolute Gasteiger partial charge is 0.462 e. The maximum absolute atomic E-state index is 12.8. The van der Waals surface area contributed by atoms with Crippen LogP contribution in [0.25, 0.3) is 0 Å². The van der Waals surface area contributed by atoms with E-state index in [1.54, 1.807) is 0 Å². The van der Waals surface area contributed by atoms with Gasteiger partial charge in [-0.05, 0) is 83.5 Å². The molecule has 0 spiro atoms. The van der Waals surface area contributed by atoms with E-state index in [9.17, 15) is 14.4 Å². The lowest BCUT2D eigenvalue weighted by atomic mass is 10.0. The van der Waals surface area contributed by atoms with Crippen molar-refractivity contribution in [3.8, 4) is 0 Å². The van der Waals surface area contributed by atoms with E-state index in [1.165, 1.54) is 122 Å². The Hall–Kier alpha value is -3.15. The normalized spacial score (nSPS) is 12.6. The number of esters is 3. The van der Waals surface area contributed by atoms with E-state index in [0.29, 0.717) is 19.3 Å². The van der Waals surface area contributed by atoms with Gasteiger partial charge in [-0.2, -0.15) is 0 Å². The molecule has 6 nitrogen and oxygen atoms in total. The fourth-order valence-electron chi connectivity index (χ4n) is 7.06. The molecule has 0 saturated carbocycles. The summed E-state index contributed by atoms with van der Waals surface area (Å²) in [6.07, 6.45) is 63.1. The Labute approximate surface area is 382 Å². The van der Waals surface area contributed by atoms with Gasteiger partial charge in [-0.25, -0.2) is 0 Å². The summed E-state index contributed by atoms with van der Waals surface area (Å²) in [6.45, 7) is 6.46.